The summed E-state index contributed by atoms with van der Waals surface area (Å²) >= 11 is 0. The van der Waals surface area contributed by atoms with Gasteiger partial charge >= 0.3 is 0 Å². The van der Waals surface area contributed by atoms with Crippen molar-refractivity contribution in [3.8, 4) is 0 Å². The van der Waals surface area contributed by atoms with E-state index < -0.39 is 0 Å². The molecule has 1 rings (SSSR count). The minimum absolute atomic E-state index is 0.446. The van der Waals surface area contributed by atoms with Crippen molar-refractivity contribution in [3.63, 3.8) is 0 Å². The zero-order valence-electron chi connectivity index (χ0n) is 8.01. The van der Waals surface area contributed by atoms with Crippen LogP contribution in [0.15, 0.2) is 0 Å². The fourth-order valence-electron chi connectivity index (χ4n) is 1.61. The van der Waals surface area contributed by atoms with Gasteiger partial charge in [0.2, 0.25) is 0 Å². The number of likely N-dealkylation sites (tertiary alicyclic amines) is 1. The maximum atomic E-state index is 10.9. The molecule has 0 spiro atoms. The number of carbonyl (C=O) groups excluding carboxylic acids is 1. The lowest BCUT2D eigenvalue weighted by Gasteiger charge is -2.25. The monoisotopic (exact) mass is 169 g/mol. The molecule has 0 aromatic rings. The van der Waals surface area contributed by atoms with Gasteiger partial charge < -0.3 is 4.90 Å². The largest absolute Gasteiger partial charge is 0.302 e. The van der Waals surface area contributed by atoms with Gasteiger partial charge in [-0.3, -0.25) is 4.79 Å². The molecule has 1 aliphatic heterocycles. The number of unbranched alkanes of at least 4 members (excludes halogenated alkanes) is 2. The van der Waals surface area contributed by atoms with E-state index in [1.54, 1.807) is 0 Å². The zero-order valence-corrected chi connectivity index (χ0v) is 8.01. The third-order valence-electron chi connectivity index (χ3n) is 2.49. The highest BCUT2D eigenvalue weighted by molar-refractivity contribution is 5.79. The molecule has 1 fully saturated rings. The summed E-state index contributed by atoms with van der Waals surface area (Å²) in [6.07, 6.45) is 5.47. The molecular weight excluding hydrogens is 150 g/mol. The molecule has 0 saturated carbocycles. The summed E-state index contributed by atoms with van der Waals surface area (Å²) in [5.41, 5.74) is 0. The highest BCUT2D eigenvalue weighted by atomic mass is 16.1. The Morgan fingerprint density at radius 1 is 1.25 bits per heavy atom. The van der Waals surface area contributed by atoms with Crippen LogP contribution in [0.5, 0.6) is 0 Å². The van der Waals surface area contributed by atoms with Crippen molar-refractivity contribution in [2.24, 2.45) is 0 Å². The smallest absolute Gasteiger partial charge is 0.135 e. The van der Waals surface area contributed by atoms with Gasteiger partial charge in [-0.2, -0.15) is 0 Å². The molecule has 0 aromatic carbocycles. The van der Waals surface area contributed by atoms with Gasteiger partial charge in [0.25, 0.3) is 0 Å². The minimum Gasteiger partial charge on any atom is -0.302 e. The van der Waals surface area contributed by atoms with Crippen LogP contribution in [0.3, 0.4) is 0 Å². The van der Waals surface area contributed by atoms with Crippen LogP contribution in [0.1, 0.15) is 39.0 Å². The maximum Gasteiger partial charge on any atom is 0.135 e. The second kappa shape index (κ2) is 5.31. The lowest BCUT2D eigenvalue weighted by Crippen LogP contribution is -2.34. The van der Waals surface area contributed by atoms with E-state index in [9.17, 15) is 4.79 Å². The number of nitrogens with zero attached hydrogens (tertiary/aromatic N) is 1. The fraction of sp³-hybridized carbons (Fsp3) is 0.900. The first kappa shape index (κ1) is 9.72. The first-order valence-corrected chi connectivity index (χ1v) is 5.07. The molecule has 2 heteroatoms. The lowest BCUT2D eigenvalue weighted by atomic mass is 10.1. The van der Waals surface area contributed by atoms with Gasteiger partial charge in [0.05, 0.1) is 0 Å². The SMILES string of the molecule is CCCCCN1CCC(=O)CC1. The van der Waals surface area contributed by atoms with Crippen LogP contribution in [0, 0.1) is 0 Å². The molecule has 0 aliphatic carbocycles. The highest BCUT2D eigenvalue weighted by Crippen LogP contribution is 2.07. The summed E-state index contributed by atoms with van der Waals surface area (Å²) in [5, 5.41) is 0. The van der Waals surface area contributed by atoms with Gasteiger partial charge in [0, 0.05) is 25.9 Å². The second-order valence-corrected chi connectivity index (χ2v) is 3.59. The minimum atomic E-state index is 0.446. The summed E-state index contributed by atoms with van der Waals surface area (Å²) < 4.78 is 0. The molecule has 0 unspecified atom stereocenters. The third-order valence-corrected chi connectivity index (χ3v) is 2.49. The lowest BCUT2D eigenvalue weighted by molar-refractivity contribution is -0.121. The van der Waals surface area contributed by atoms with Crippen LogP contribution in [0.25, 0.3) is 0 Å². The molecule has 0 amide bonds. The topological polar surface area (TPSA) is 20.3 Å². The van der Waals surface area contributed by atoms with E-state index in [1.165, 1.54) is 25.8 Å². The van der Waals surface area contributed by atoms with Gasteiger partial charge in [-0.1, -0.05) is 19.8 Å². The van der Waals surface area contributed by atoms with Crippen molar-refractivity contribution < 1.29 is 4.79 Å². The number of rotatable bonds is 4. The molecule has 1 aliphatic rings. The normalized spacial score (nSPS) is 19.9. The predicted molar refractivity (Wildman–Crippen MR) is 50.2 cm³/mol. The van der Waals surface area contributed by atoms with Crippen LogP contribution >= 0.6 is 0 Å². The van der Waals surface area contributed by atoms with Gasteiger partial charge in [0.1, 0.15) is 5.78 Å². The molecule has 0 N–H and O–H groups in total. The van der Waals surface area contributed by atoms with Crippen LogP contribution in [-0.4, -0.2) is 30.3 Å². The fourth-order valence-corrected chi connectivity index (χ4v) is 1.61. The molecule has 0 aromatic heterocycles. The molecule has 2 nitrogen and oxygen atoms in total. The third kappa shape index (κ3) is 3.35. The zero-order chi connectivity index (χ0) is 8.81. The Morgan fingerprint density at radius 3 is 2.50 bits per heavy atom. The molecule has 12 heavy (non-hydrogen) atoms. The Kier molecular flexibility index (Phi) is 4.30. The summed E-state index contributed by atoms with van der Waals surface area (Å²) in [6.45, 7) is 5.42. The second-order valence-electron chi connectivity index (χ2n) is 3.59. The number of piperidine rings is 1. The van der Waals surface area contributed by atoms with Crippen molar-refractivity contribution in [2.45, 2.75) is 39.0 Å². The quantitative estimate of drug-likeness (QED) is 0.598. The van der Waals surface area contributed by atoms with Crippen molar-refractivity contribution in [2.75, 3.05) is 19.6 Å². The molecule has 70 valence electrons. The molecule has 0 atom stereocenters. The van der Waals surface area contributed by atoms with Gasteiger partial charge in [-0.25, -0.2) is 0 Å². The Bertz CT molecular complexity index is 135. The van der Waals surface area contributed by atoms with Crippen molar-refractivity contribution in [1.29, 1.82) is 0 Å². The van der Waals surface area contributed by atoms with Gasteiger partial charge in [0.15, 0.2) is 0 Å². The summed E-state index contributed by atoms with van der Waals surface area (Å²) in [7, 11) is 0. The Balaban J connectivity index is 2.05. The Morgan fingerprint density at radius 2 is 1.92 bits per heavy atom. The number of ketones is 1. The maximum absolute atomic E-state index is 10.9. The van der Waals surface area contributed by atoms with Crippen LogP contribution in [-0.2, 0) is 4.79 Å². The first-order chi connectivity index (χ1) is 5.83. The van der Waals surface area contributed by atoms with E-state index in [-0.39, 0.29) is 0 Å². The number of Topliss-reactive ketones (excluding diaryl/α,β-unsaturated/α-hetero) is 1. The number of carbonyl (C=O) groups is 1. The van der Waals surface area contributed by atoms with E-state index in [4.69, 9.17) is 0 Å². The summed E-state index contributed by atoms with van der Waals surface area (Å²) in [5.74, 6) is 0.446. The highest BCUT2D eigenvalue weighted by Gasteiger charge is 2.14. The molecular formula is C10H19NO. The molecule has 1 heterocycles. The van der Waals surface area contributed by atoms with Crippen molar-refractivity contribution >= 4 is 5.78 Å². The summed E-state index contributed by atoms with van der Waals surface area (Å²) in [6, 6.07) is 0. The van der Waals surface area contributed by atoms with Gasteiger partial charge in [-0.05, 0) is 13.0 Å². The average molecular weight is 169 g/mol. The van der Waals surface area contributed by atoms with E-state index >= 15 is 0 Å². The summed E-state index contributed by atoms with van der Waals surface area (Å²) in [4.78, 5) is 13.3. The number of hydrogen-bond acceptors (Lipinski definition) is 2. The molecule has 1 saturated heterocycles. The number of hydrogen-bond donors (Lipinski definition) is 0. The first-order valence-electron chi connectivity index (χ1n) is 5.07. The van der Waals surface area contributed by atoms with Crippen molar-refractivity contribution in [3.05, 3.63) is 0 Å². The predicted octanol–water partition coefficient (Wildman–Crippen LogP) is 1.84. The van der Waals surface area contributed by atoms with Gasteiger partial charge in [-0.15, -0.1) is 0 Å². The van der Waals surface area contributed by atoms with E-state index in [2.05, 4.69) is 11.8 Å². The van der Waals surface area contributed by atoms with Crippen LogP contribution < -0.4 is 0 Å². The van der Waals surface area contributed by atoms with Crippen molar-refractivity contribution in [1.82, 2.24) is 4.90 Å². The average Bonchev–Trinajstić information content (AvgIpc) is 2.09. The van der Waals surface area contributed by atoms with E-state index in [0.29, 0.717) is 5.78 Å². The Hall–Kier alpha value is -0.370. The van der Waals surface area contributed by atoms with Crippen LogP contribution in [0.2, 0.25) is 0 Å². The standard InChI is InChI=1S/C10H19NO/c1-2-3-4-7-11-8-5-10(12)6-9-11/h2-9H2,1H3. The van der Waals surface area contributed by atoms with E-state index in [1.807, 2.05) is 0 Å². The molecule has 0 radical (unpaired) electrons. The van der Waals surface area contributed by atoms with E-state index in [0.717, 1.165) is 25.9 Å². The molecule has 0 bridgehead atoms. The van der Waals surface area contributed by atoms with Crippen LogP contribution in [0.4, 0.5) is 0 Å². The Labute approximate surface area is 74.9 Å².